The third-order valence-electron chi connectivity index (χ3n) is 7.37. The van der Waals surface area contributed by atoms with Crippen LogP contribution in [-0.4, -0.2) is 72.3 Å². The highest BCUT2D eigenvalue weighted by molar-refractivity contribution is 6.24. The van der Waals surface area contributed by atoms with Gasteiger partial charge in [-0.2, -0.15) is 0 Å². The molecule has 5 rings (SSSR count). The summed E-state index contributed by atoms with van der Waals surface area (Å²) < 4.78 is 5.13. The molecular weight excluding hydrogens is 422 g/mol. The van der Waals surface area contributed by atoms with E-state index in [2.05, 4.69) is 4.90 Å². The Balaban J connectivity index is 1.27. The van der Waals surface area contributed by atoms with Crippen LogP contribution in [-0.2, 0) is 14.3 Å². The average molecular weight is 454 g/mol. The molecule has 1 aromatic carbocycles. The monoisotopic (exact) mass is 453 g/mol. The molecular formula is C25H31N3O5. The van der Waals surface area contributed by atoms with Crippen LogP contribution in [0.1, 0.15) is 66.2 Å². The molecule has 3 amide bonds. The summed E-state index contributed by atoms with van der Waals surface area (Å²) >= 11 is 0. The lowest BCUT2D eigenvalue weighted by Crippen LogP contribution is -2.48. The van der Waals surface area contributed by atoms with Crippen LogP contribution in [0.2, 0.25) is 0 Å². The first-order chi connectivity index (χ1) is 16.0. The first kappa shape index (κ1) is 21.9. The molecule has 1 aliphatic carbocycles. The van der Waals surface area contributed by atoms with Gasteiger partial charge in [-0.15, -0.1) is 0 Å². The predicted molar refractivity (Wildman–Crippen MR) is 121 cm³/mol. The number of amides is 3. The molecule has 2 saturated heterocycles. The number of imide groups is 1. The number of esters is 1. The van der Waals surface area contributed by atoms with Crippen molar-refractivity contribution in [3.05, 3.63) is 29.3 Å². The van der Waals surface area contributed by atoms with E-state index in [0.717, 1.165) is 37.9 Å². The minimum absolute atomic E-state index is 0.0402. The van der Waals surface area contributed by atoms with E-state index >= 15 is 0 Å². The standard InChI is InChI=1S/C25H31N3O5/c1-2-33-25(32)16-10-13-26(14-11-16)22(29)17-5-4-12-27(15-17)20-7-3-6-19-21(20)24(31)28(23(19)30)18-8-9-18/h3,6-7,16-18H,2,4-5,8-15H2,1H3/t17-/m1/s1. The van der Waals surface area contributed by atoms with Gasteiger partial charge in [0.15, 0.2) is 0 Å². The minimum atomic E-state index is -0.192. The van der Waals surface area contributed by atoms with Gasteiger partial charge in [-0.25, -0.2) is 0 Å². The molecule has 1 saturated carbocycles. The molecule has 0 radical (unpaired) electrons. The second-order valence-corrected chi connectivity index (χ2v) is 9.55. The van der Waals surface area contributed by atoms with Crippen LogP contribution in [0.3, 0.4) is 0 Å². The molecule has 3 heterocycles. The van der Waals surface area contributed by atoms with E-state index in [1.165, 1.54) is 4.90 Å². The van der Waals surface area contributed by atoms with Crippen molar-refractivity contribution in [2.75, 3.05) is 37.7 Å². The quantitative estimate of drug-likeness (QED) is 0.503. The van der Waals surface area contributed by atoms with E-state index in [-0.39, 0.29) is 41.6 Å². The highest BCUT2D eigenvalue weighted by Crippen LogP contribution is 2.39. The molecule has 0 N–H and O–H groups in total. The van der Waals surface area contributed by atoms with E-state index in [1.54, 1.807) is 13.0 Å². The number of rotatable bonds is 5. The third-order valence-corrected chi connectivity index (χ3v) is 7.37. The smallest absolute Gasteiger partial charge is 0.309 e. The van der Waals surface area contributed by atoms with Crippen LogP contribution < -0.4 is 4.90 Å². The molecule has 1 atom stereocenters. The maximum atomic E-state index is 13.3. The molecule has 4 aliphatic rings. The summed E-state index contributed by atoms with van der Waals surface area (Å²) in [6.45, 7) is 4.63. The maximum absolute atomic E-state index is 13.3. The Labute approximate surface area is 193 Å². The van der Waals surface area contributed by atoms with Gasteiger partial charge in [-0.05, 0) is 57.6 Å². The van der Waals surface area contributed by atoms with Crippen molar-refractivity contribution in [1.29, 1.82) is 0 Å². The second-order valence-electron chi connectivity index (χ2n) is 9.55. The van der Waals surface area contributed by atoms with Crippen molar-refractivity contribution in [2.45, 2.75) is 51.5 Å². The van der Waals surface area contributed by atoms with Gasteiger partial charge in [0.05, 0.1) is 35.3 Å². The third kappa shape index (κ3) is 4.00. The lowest BCUT2D eigenvalue weighted by atomic mass is 9.92. The van der Waals surface area contributed by atoms with Crippen molar-refractivity contribution in [1.82, 2.24) is 9.80 Å². The summed E-state index contributed by atoms with van der Waals surface area (Å²) in [6, 6.07) is 5.51. The predicted octanol–water partition coefficient (Wildman–Crippen LogP) is 2.46. The van der Waals surface area contributed by atoms with Gasteiger partial charge in [0, 0.05) is 32.2 Å². The summed E-state index contributed by atoms with van der Waals surface area (Å²) in [5.41, 5.74) is 1.75. The molecule has 8 heteroatoms. The fourth-order valence-corrected chi connectivity index (χ4v) is 5.46. The molecule has 33 heavy (non-hydrogen) atoms. The second kappa shape index (κ2) is 8.80. The lowest BCUT2D eigenvalue weighted by Gasteiger charge is -2.38. The van der Waals surface area contributed by atoms with E-state index in [0.29, 0.717) is 50.2 Å². The van der Waals surface area contributed by atoms with Gasteiger partial charge >= 0.3 is 5.97 Å². The molecule has 0 aromatic heterocycles. The number of carbonyl (C=O) groups is 4. The maximum Gasteiger partial charge on any atom is 0.309 e. The Kier molecular flexibility index (Phi) is 5.85. The number of benzene rings is 1. The van der Waals surface area contributed by atoms with Crippen molar-refractivity contribution < 1.29 is 23.9 Å². The van der Waals surface area contributed by atoms with Crippen molar-refractivity contribution in [3.63, 3.8) is 0 Å². The van der Waals surface area contributed by atoms with Gasteiger partial charge in [0.2, 0.25) is 5.91 Å². The summed E-state index contributed by atoms with van der Waals surface area (Å²) in [5.74, 6) is -0.694. The van der Waals surface area contributed by atoms with Crippen LogP contribution in [0.5, 0.6) is 0 Å². The van der Waals surface area contributed by atoms with E-state index in [1.807, 2.05) is 17.0 Å². The van der Waals surface area contributed by atoms with Gasteiger partial charge < -0.3 is 14.5 Å². The van der Waals surface area contributed by atoms with Crippen LogP contribution in [0, 0.1) is 11.8 Å². The van der Waals surface area contributed by atoms with Crippen molar-refractivity contribution in [3.8, 4) is 0 Å². The van der Waals surface area contributed by atoms with Crippen LogP contribution in [0.15, 0.2) is 18.2 Å². The van der Waals surface area contributed by atoms with E-state index in [9.17, 15) is 19.2 Å². The molecule has 176 valence electrons. The largest absolute Gasteiger partial charge is 0.466 e. The number of fused-ring (bicyclic) bond motifs is 1. The van der Waals surface area contributed by atoms with Crippen molar-refractivity contribution in [2.24, 2.45) is 11.8 Å². The molecule has 8 nitrogen and oxygen atoms in total. The van der Waals surface area contributed by atoms with E-state index in [4.69, 9.17) is 4.74 Å². The van der Waals surface area contributed by atoms with E-state index < -0.39 is 0 Å². The molecule has 0 bridgehead atoms. The Hall–Kier alpha value is -2.90. The van der Waals surface area contributed by atoms with Gasteiger partial charge in [0.1, 0.15) is 0 Å². The number of anilines is 1. The Morgan fingerprint density at radius 2 is 1.73 bits per heavy atom. The normalized spacial score (nSPS) is 23.7. The minimum Gasteiger partial charge on any atom is -0.466 e. The van der Waals surface area contributed by atoms with Crippen LogP contribution in [0.25, 0.3) is 0 Å². The van der Waals surface area contributed by atoms with Crippen LogP contribution >= 0.6 is 0 Å². The number of nitrogens with zero attached hydrogens (tertiary/aromatic N) is 3. The number of piperidine rings is 2. The van der Waals surface area contributed by atoms with Gasteiger partial charge in [-0.3, -0.25) is 24.1 Å². The zero-order valence-corrected chi connectivity index (χ0v) is 19.1. The number of hydrogen-bond acceptors (Lipinski definition) is 6. The number of likely N-dealkylation sites (tertiary alicyclic amines) is 1. The number of carbonyl (C=O) groups excluding carboxylic acids is 4. The molecule has 3 fully saturated rings. The average Bonchev–Trinajstić information content (AvgIpc) is 3.64. The molecule has 1 aromatic rings. The summed E-state index contributed by atoms with van der Waals surface area (Å²) in [4.78, 5) is 56.6. The summed E-state index contributed by atoms with van der Waals surface area (Å²) in [6.07, 6.45) is 4.71. The first-order valence-corrected chi connectivity index (χ1v) is 12.2. The highest BCUT2D eigenvalue weighted by Gasteiger charge is 2.46. The Morgan fingerprint density at radius 3 is 2.42 bits per heavy atom. The molecule has 3 aliphatic heterocycles. The highest BCUT2D eigenvalue weighted by atomic mass is 16.5. The lowest BCUT2D eigenvalue weighted by molar-refractivity contribution is -0.151. The van der Waals surface area contributed by atoms with Gasteiger partial charge in [-0.1, -0.05) is 6.07 Å². The zero-order valence-electron chi connectivity index (χ0n) is 19.1. The number of hydrogen-bond donors (Lipinski definition) is 0. The first-order valence-electron chi connectivity index (χ1n) is 12.2. The Morgan fingerprint density at radius 1 is 0.970 bits per heavy atom. The van der Waals surface area contributed by atoms with Crippen LogP contribution in [0.4, 0.5) is 5.69 Å². The molecule has 0 unspecified atom stereocenters. The summed E-state index contributed by atoms with van der Waals surface area (Å²) in [5, 5.41) is 0. The topological polar surface area (TPSA) is 87.2 Å². The summed E-state index contributed by atoms with van der Waals surface area (Å²) in [7, 11) is 0. The zero-order chi connectivity index (χ0) is 23.1. The van der Waals surface area contributed by atoms with Gasteiger partial charge in [0.25, 0.3) is 11.8 Å². The molecule has 0 spiro atoms. The fraction of sp³-hybridized carbons (Fsp3) is 0.600. The van der Waals surface area contributed by atoms with Crippen molar-refractivity contribution >= 4 is 29.4 Å². The number of ether oxygens (including phenoxy) is 1. The Bertz CT molecular complexity index is 980. The fourth-order valence-electron chi connectivity index (χ4n) is 5.46. The SMILES string of the molecule is CCOC(=O)C1CCN(C(=O)[C@@H]2CCCN(c3cccc4c3C(=O)N(C3CC3)C4=O)C2)CC1.